The second-order valence-corrected chi connectivity index (χ2v) is 7.39. The van der Waals surface area contributed by atoms with Crippen LogP contribution in [0.4, 0.5) is 9.18 Å². The highest BCUT2D eigenvalue weighted by Crippen LogP contribution is 2.48. The third kappa shape index (κ3) is 2.75. The van der Waals surface area contributed by atoms with E-state index >= 15 is 0 Å². The highest BCUT2D eigenvalue weighted by Gasteiger charge is 2.59. The van der Waals surface area contributed by atoms with Gasteiger partial charge in [0.1, 0.15) is 17.2 Å². The summed E-state index contributed by atoms with van der Waals surface area (Å²) in [6.07, 6.45) is 2.38. The summed E-state index contributed by atoms with van der Waals surface area (Å²) in [6, 6.07) is 6.03. The number of halogens is 1. The molecule has 1 saturated carbocycles. The molecule has 138 valence electrons. The van der Waals surface area contributed by atoms with Crippen molar-refractivity contribution < 1.29 is 14.0 Å². The van der Waals surface area contributed by atoms with Gasteiger partial charge >= 0.3 is 6.03 Å². The number of nitrogens with one attached hydrogen (secondary N) is 2. The lowest BCUT2D eigenvalue weighted by Crippen LogP contribution is -2.46. The lowest BCUT2D eigenvalue weighted by molar-refractivity contribution is -0.124. The Balaban J connectivity index is 1.41. The van der Waals surface area contributed by atoms with Crippen molar-refractivity contribution in [1.29, 1.82) is 0 Å². The molecule has 6 nitrogen and oxygen atoms in total. The number of carbonyl (C=O) groups excluding carboxylic acids is 2. The standard InChI is InChI=1S/C19H23FN4O2/c1-2-16-22-17(25)19(23-16)7-6-13-10-24(11-15(13)19)18(26)21-9-12-4-3-5-14(20)8-12/h3-5,8,13,15H,2,6-7,9-11H2,1H3,(H,21,26)(H,22,23,25)/t13-,15+,19-/m0/s1. The summed E-state index contributed by atoms with van der Waals surface area (Å²) in [7, 11) is 0. The molecule has 2 fully saturated rings. The molecule has 4 rings (SSSR count). The van der Waals surface area contributed by atoms with Gasteiger partial charge in [0.15, 0.2) is 0 Å². The molecule has 3 atom stereocenters. The summed E-state index contributed by atoms with van der Waals surface area (Å²) in [5, 5.41) is 5.75. The number of nitrogens with zero attached hydrogens (tertiary/aromatic N) is 2. The van der Waals surface area contributed by atoms with Crippen molar-refractivity contribution in [3.05, 3.63) is 35.6 Å². The Morgan fingerprint density at radius 3 is 3.04 bits per heavy atom. The molecule has 0 bridgehead atoms. The molecule has 1 saturated heterocycles. The molecule has 0 unspecified atom stereocenters. The Bertz CT molecular complexity index is 781. The van der Waals surface area contributed by atoms with Crippen LogP contribution in [0.5, 0.6) is 0 Å². The van der Waals surface area contributed by atoms with E-state index in [9.17, 15) is 14.0 Å². The Morgan fingerprint density at radius 1 is 1.46 bits per heavy atom. The molecule has 1 aromatic carbocycles. The van der Waals surface area contributed by atoms with Gasteiger partial charge in [-0.25, -0.2) is 9.18 Å². The Hall–Kier alpha value is -2.44. The maximum absolute atomic E-state index is 13.2. The largest absolute Gasteiger partial charge is 0.334 e. The van der Waals surface area contributed by atoms with Crippen molar-refractivity contribution in [2.24, 2.45) is 16.8 Å². The van der Waals surface area contributed by atoms with Crippen LogP contribution in [0.3, 0.4) is 0 Å². The van der Waals surface area contributed by atoms with Crippen LogP contribution >= 0.6 is 0 Å². The van der Waals surface area contributed by atoms with E-state index in [1.807, 2.05) is 6.92 Å². The molecule has 3 aliphatic rings. The van der Waals surface area contributed by atoms with Crippen LogP contribution < -0.4 is 10.6 Å². The normalized spacial score (nSPS) is 29.7. The smallest absolute Gasteiger partial charge is 0.317 e. The quantitative estimate of drug-likeness (QED) is 0.868. The van der Waals surface area contributed by atoms with Gasteiger partial charge < -0.3 is 15.5 Å². The zero-order valence-electron chi connectivity index (χ0n) is 14.8. The number of urea groups is 1. The molecule has 7 heteroatoms. The molecule has 26 heavy (non-hydrogen) atoms. The van der Waals surface area contributed by atoms with Gasteiger partial charge in [-0.05, 0) is 36.5 Å². The lowest BCUT2D eigenvalue weighted by Gasteiger charge is -2.25. The maximum Gasteiger partial charge on any atom is 0.317 e. The minimum atomic E-state index is -0.687. The van der Waals surface area contributed by atoms with Gasteiger partial charge in [0.25, 0.3) is 5.91 Å². The molecule has 1 aromatic rings. The Labute approximate surface area is 151 Å². The van der Waals surface area contributed by atoms with Gasteiger partial charge in [-0.3, -0.25) is 9.79 Å². The van der Waals surface area contributed by atoms with E-state index in [0.29, 0.717) is 25.4 Å². The van der Waals surface area contributed by atoms with Gasteiger partial charge in [-0.15, -0.1) is 0 Å². The first kappa shape index (κ1) is 17.0. The van der Waals surface area contributed by atoms with E-state index in [2.05, 4.69) is 10.6 Å². The molecular formula is C19H23FN4O2. The van der Waals surface area contributed by atoms with E-state index in [1.54, 1.807) is 17.0 Å². The highest BCUT2D eigenvalue weighted by atomic mass is 19.1. The summed E-state index contributed by atoms with van der Waals surface area (Å²) in [5.41, 5.74) is 0.0368. The maximum atomic E-state index is 13.2. The third-order valence-corrected chi connectivity index (χ3v) is 5.89. The number of benzene rings is 1. The first-order valence-electron chi connectivity index (χ1n) is 9.19. The first-order valence-corrected chi connectivity index (χ1v) is 9.19. The number of aliphatic imine (C=N–C) groups is 1. The number of amidine groups is 1. The number of hydrogen-bond donors (Lipinski definition) is 2. The predicted octanol–water partition coefficient (Wildman–Crippen LogP) is 2.05. The van der Waals surface area contributed by atoms with Gasteiger partial charge in [-0.1, -0.05) is 19.1 Å². The summed E-state index contributed by atoms with van der Waals surface area (Å²) in [6.45, 7) is 3.44. The molecule has 2 N–H and O–H groups in total. The van der Waals surface area contributed by atoms with Gasteiger partial charge in [0.05, 0.1) is 0 Å². The van der Waals surface area contributed by atoms with E-state index in [1.165, 1.54) is 12.1 Å². The summed E-state index contributed by atoms with van der Waals surface area (Å²) in [4.78, 5) is 31.6. The van der Waals surface area contributed by atoms with Crippen LogP contribution in [-0.4, -0.2) is 41.3 Å². The molecule has 3 amide bonds. The fourth-order valence-corrected chi connectivity index (χ4v) is 4.54. The minimum absolute atomic E-state index is 0.0103. The van der Waals surface area contributed by atoms with Crippen LogP contribution in [0.1, 0.15) is 31.7 Å². The van der Waals surface area contributed by atoms with Gasteiger partial charge in [0.2, 0.25) is 0 Å². The lowest BCUT2D eigenvalue weighted by atomic mass is 9.85. The van der Waals surface area contributed by atoms with Gasteiger partial charge in [-0.2, -0.15) is 0 Å². The molecule has 2 heterocycles. The Kier molecular flexibility index (Phi) is 4.17. The zero-order chi connectivity index (χ0) is 18.3. The van der Waals surface area contributed by atoms with Crippen molar-refractivity contribution in [3.8, 4) is 0 Å². The average Bonchev–Trinajstić information content (AvgIpc) is 3.28. The molecule has 2 aliphatic heterocycles. The SMILES string of the molecule is CCC1=N[C@]2(CC[C@H]3CN(C(=O)NCc4cccc(F)c4)C[C@H]32)C(=O)N1. The number of likely N-dealkylation sites (tertiary alicyclic amines) is 1. The van der Waals surface area contributed by atoms with Crippen molar-refractivity contribution >= 4 is 17.8 Å². The van der Waals surface area contributed by atoms with Crippen LogP contribution in [-0.2, 0) is 11.3 Å². The van der Waals surface area contributed by atoms with E-state index in [-0.39, 0.29) is 30.2 Å². The molecule has 1 spiro atoms. The van der Waals surface area contributed by atoms with Crippen LogP contribution in [0.25, 0.3) is 0 Å². The summed E-state index contributed by atoms with van der Waals surface area (Å²) >= 11 is 0. The van der Waals surface area contributed by atoms with Crippen LogP contribution in [0.2, 0.25) is 0 Å². The number of carbonyl (C=O) groups is 2. The van der Waals surface area contributed by atoms with E-state index in [0.717, 1.165) is 24.2 Å². The van der Waals surface area contributed by atoms with Crippen LogP contribution in [0.15, 0.2) is 29.3 Å². The van der Waals surface area contributed by atoms with Crippen LogP contribution in [0, 0.1) is 17.7 Å². The molecule has 0 radical (unpaired) electrons. The number of hydrogen-bond acceptors (Lipinski definition) is 3. The minimum Gasteiger partial charge on any atom is -0.334 e. The molecular weight excluding hydrogens is 335 g/mol. The summed E-state index contributed by atoms with van der Waals surface area (Å²) < 4.78 is 13.2. The van der Waals surface area contributed by atoms with Crippen molar-refractivity contribution in [3.63, 3.8) is 0 Å². The summed E-state index contributed by atoms with van der Waals surface area (Å²) in [5.74, 6) is 0.812. The van der Waals surface area contributed by atoms with Gasteiger partial charge in [0, 0.05) is 32.0 Å². The first-order chi connectivity index (χ1) is 12.5. The topological polar surface area (TPSA) is 73.8 Å². The van der Waals surface area contributed by atoms with E-state index in [4.69, 9.17) is 4.99 Å². The average molecular weight is 358 g/mol. The monoisotopic (exact) mass is 358 g/mol. The fraction of sp³-hybridized carbons (Fsp3) is 0.526. The highest BCUT2D eigenvalue weighted by molar-refractivity contribution is 6.08. The van der Waals surface area contributed by atoms with E-state index < -0.39 is 5.54 Å². The third-order valence-electron chi connectivity index (χ3n) is 5.89. The number of amides is 3. The molecule has 0 aromatic heterocycles. The second kappa shape index (κ2) is 6.37. The van der Waals surface area contributed by atoms with Crippen molar-refractivity contribution in [2.75, 3.05) is 13.1 Å². The second-order valence-electron chi connectivity index (χ2n) is 7.39. The number of fused-ring (bicyclic) bond motifs is 2. The Morgan fingerprint density at radius 2 is 2.31 bits per heavy atom. The zero-order valence-corrected chi connectivity index (χ0v) is 14.8. The van der Waals surface area contributed by atoms with Crippen molar-refractivity contribution in [2.45, 2.75) is 38.3 Å². The molecule has 1 aliphatic carbocycles. The fourth-order valence-electron chi connectivity index (χ4n) is 4.54. The van der Waals surface area contributed by atoms with Crippen molar-refractivity contribution in [1.82, 2.24) is 15.5 Å². The predicted molar refractivity (Wildman–Crippen MR) is 95.0 cm³/mol. The number of rotatable bonds is 3.